The van der Waals surface area contributed by atoms with E-state index in [4.69, 9.17) is 44.8 Å². The molecule has 1 heterocycles. The predicted octanol–water partition coefficient (Wildman–Crippen LogP) is 7.06. The molecular formula is C66H99ClN4O17. The molecule has 2 aromatic rings. The topological polar surface area (TPSA) is 278 Å². The van der Waals surface area contributed by atoms with E-state index in [1.165, 1.54) is 24.2 Å². The third-order valence-electron chi connectivity index (χ3n) is 15.6. The van der Waals surface area contributed by atoms with Crippen LogP contribution in [0, 0.1) is 29.1 Å². The fourth-order valence-corrected chi connectivity index (χ4v) is 9.88. The number of hydrogen-bond acceptors (Lipinski definition) is 17. The zero-order chi connectivity index (χ0) is 65.5. The van der Waals surface area contributed by atoms with Gasteiger partial charge in [0.2, 0.25) is 23.6 Å². The van der Waals surface area contributed by atoms with Gasteiger partial charge in [0.25, 0.3) is 0 Å². The third-order valence-corrected chi connectivity index (χ3v) is 15.9. The molecule has 22 heteroatoms. The number of amides is 4. The Balaban J connectivity index is 1.65. The number of rotatable bonds is 37. The minimum Gasteiger partial charge on any atom is -0.495 e. The van der Waals surface area contributed by atoms with E-state index in [9.17, 15) is 48.3 Å². The molecule has 0 saturated carbocycles. The van der Waals surface area contributed by atoms with Crippen molar-refractivity contribution in [2.75, 3.05) is 80.1 Å². The van der Waals surface area contributed by atoms with Crippen LogP contribution in [0.1, 0.15) is 143 Å². The normalized spacial score (nSPS) is 18.8. The SMILES string of the molecule is CCC(=O)CCN(CCC(=O)C[C@H](C(=O)N[C@@H](C)C(=O)CCc1ccc([C@@H](C)[C@H](O)[C@@H](C)[C@@H]2C/C=C/C(=O)N[C@@H](Cc3ccc(OC)c(Cl)c3)C(=O)NCC(C)(C)C(=O)O[C@@H](CC(C)C)C(=O)O2)cc1)C(C)C)C(=O)CCOCCOCCOCCOC. The highest BCUT2D eigenvalue weighted by atomic mass is 35.5. The van der Waals surface area contributed by atoms with E-state index in [1.807, 2.05) is 58.9 Å². The molecule has 3 rings (SSSR count). The molecule has 0 spiro atoms. The van der Waals surface area contributed by atoms with Crippen molar-refractivity contribution in [2.24, 2.45) is 29.1 Å². The van der Waals surface area contributed by atoms with Crippen molar-refractivity contribution < 1.29 is 81.4 Å². The molecule has 0 saturated heterocycles. The number of aliphatic hydroxyl groups excluding tert-OH is 1. The Morgan fingerprint density at radius 2 is 1.41 bits per heavy atom. The average molecular weight is 1260 g/mol. The Bertz CT molecular complexity index is 2590. The van der Waals surface area contributed by atoms with Crippen molar-refractivity contribution in [3.63, 3.8) is 0 Å². The number of hydrogen-bond donors (Lipinski definition) is 4. The number of aryl methyl sites for hydroxylation is 1. The summed E-state index contributed by atoms with van der Waals surface area (Å²) in [4.78, 5) is 122. The second-order valence-corrected chi connectivity index (χ2v) is 24.4. The number of benzene rings is 2. The van der Waals surface area contributed by atoms with Crippen LogP contribution >= 0.6 is 11.6 Å². The van der Waals surface area contributed by atoms with Gasteiger partial charge in [-0.25, -0.2) is 4.79 Å². The standard InChI is InChI=1S/C66H99ClN4O17/c1-13-50(72)25-28-71(60(76)27-30-84-33-34-86-36-35-85-32-31-82-11)29-26-51(73)40-52(43(4)5)62(78)69-46(8)55(74)23-19-47-17-21-49(22-18-47)44(6)61(77)45(7)56-15-14-16-59(75)70-54(39-48-20-24-57(83-12)53(67)38-48)63(79)68-41-66(9,10)65(81)88-58(37-42(2)3)64(80)87-56/h14,16-18,20-22,24,38,42-46,52,54,56,58,61,77H,13,15,19,23,25-37,39-41H2,1-12H3,(H,68,79)(H,69,78)(H,70,75)/b16-14+/t44-,45+,46+,52+,54+,56+,58+,61+/m1/s1. The number of carbonyl (C=O) groups excluding carboxylic acids is 9. The number of nitrogens with zero attached hydrogens (tertiary/aromatic N) is 1. The van der Waals surface area contributed by atoms with Gasteiger partial charge in [-0.1, -0.05) is 96.5 Å². The molecule has 0 unspecified atom stereocenters. The zero-order valence-electron chi connectivity index (χ0n) is 53.9. The molecule has 0 fully saturated rings. The summed E-state index contributed by atoms with van der Waals surface area (Å²) in [5, 5.41) is 20.6. The number of esters is 2. The lowest BCUT2D eigenvalue weighted by atomic mass is 9.84. The first-order valence-corrected chi connectivity index (χ1v) is 31.2. The quantitative estimate of drug-likeness (QED) is 0.0389. The number of cyclic esters (lactones) is 2. The number of aliphatic hydroxyl groups is 1. The van der Waals surface area contributed by atoms with E-state index in [1.54, 1.807) is 59.9 Å². The van der Waals surface area contributed by atoms with Gasteiger partial charge in [0, 0.05) is 89.4 Å². The highest BCUT2D eigenvalue weighted by molar-refractivity contribution is 6.32. The molecular weight excluding hydrogens is 1160 g/mol. The second-order valence-electron chi connectivity index (χ2n) is 24.0. The van der Waals surface area contributed by atoms with Crippen LogP contribution in [0.3, 0.4) is 0 Å². The monoisotopic (exact) mass is 1250 g/mol. The number of halogens is 1. The van der Waals surface area contributed by atoms with E-state index in [2.05, 4.69) is 16.0 Å². The van der Waals surface area contributed by atoms with Gasteiger partial charge in [0.1, 0.15) is 29.5 Å². The smallest absolute Gasteiger partial charge is 0.347 e. The second kappa shape index (κ2) is 39.8. The van der Waals surface area contributed by atoms with Crippen molar-refractivity contribution in [1.82, 2.24) is 20.9 Å². The lowest BCUT2D eigenvalue weighted by molar-refractivity contribution is -0.180. The maximum absolute atomic E-state index is 14.0. The van der Waals surface area contributed by atoms with Gasteiger partial charge in [0.15, 0.2) is 11.9 Å². The first-order chi connectivity index (χ1) is 41.7. The number of Topliss-reactive ketones (excluding diaryl/α,β-unsaturated/α-hetero) is 3. The fraction of sp³-hybridized carbons (Fsp3) is 0.652. The van der Waals surface area contributed by atoms with Crippen LogP contribution in [-0.2, 0) is 84.4 Å². The van der Waals surface area contributed by atoms with Crippen LogP contribution in [0.15, 0.2) is 54.6 Å². The molecule has 4 amide bonds. The number of ether oxygens (including phenoxy) is 7. The first-order valence-electron chi connectivity index (χ1n) is 30.8. The Kier molecular flexibility index (Phi) is 34.4. The van der Waals surface area contributed by atoms with Crippen LogP contribution in [0.4, 0.5) is 0 Å². The summed E-state index contributed by atoms with van der Waals surface area (Å²) in [6.07, 6.45) is 0.345. The summed E-state index contributed by atoms with van der Waals surface area (Å²) in [6.45, 7) is 20.0. The highest BCUT2D eigenvalue weighted by Crippen LogP contribution is 2.31. The van der Waals surface area contributed by atoms with Crippen LogP contribution in [-0.4, -0.2) is 173 Å². The summed E-state index contributed by atoms with van der Waals surface area (Å²) >= 11 is 6.39. The molecule has 0 bridgehead atoms. The van der Waals surface area contributed by atoms with Gasteiger partial charge < -0.3 is 59.1 Å². The summed E-state index contributed by atoms with van der Waals surface area (Å²) in [5.41, 5.74) is 0.898. The van der Waals surface area contributed by atoms with Crippen LogP contribution in [0.25, 0.3) is 0 Å². The van der Waals surface area contributed by atoms with Gasteiger partial charge in [0.05, 0.1) is 82.4 Å². The van der Waals surface area contributed by atoms with E-state index >= 15 is 0 Å². The molecule has 1 aliphatic rings. The molecule has 0 radical (unpaired) electrons. The summed E-state index contributed by atoms with van der Waals surface area (Å²) < 4.78 is 38.6. The molecule has 8 atom stereocenters. The highest BCUT2D eigenvalue weighted by Gasteiger charge is 2.39. The Morgan fingerprint density at radius 1 is 0.795 bits per heavy atom. The van der Waals surface area contributed by atoms with Gasteiger partial charge in [-0.15, -0.1) is 0 Å². The number of nitrogens with one attached hydrogen (secondary N) is 3. The molecule has 4 N–H and O–H groups in total. The minimum absolute atomic E-state index is 0.0105. The fourth-order valence-electron chi connectivity index (χ4n) is 9.60. The zero-order valence-corrected chi connectivity index (χ0v) is 54.7. The van der Waals surface area contributed by atoms with Gasteiger partial charge in [-0.05, 0) is 80.3 Å². The first kappa shape index (κ1) is 76.1. The average Bonchev–Trinajstić information content (AvgIpc) is 3.64. The summed E-state index contributed by atoms with van der Waals surface area (Å²) in [6, 6.07) is 10.5. The van der Waals surface area contributed by atoms with Gasteiger partial charge >= 0.3 is 11.9 Å². The van der Waals surface area contributed by atoms with Crippen molar-refractivity contribution in [2.45, 2.75) is 170 Å². The van der Waals surface area contributed by atoms with Crippen LogP contribution in [0.5, 0.6) is 5.75 Å². The Labute approximate surface area is 525 Å². The number of carbonyl (C=O) groups is 9. The predicted molar refractivity (Wildman–Crippen MR) is 332 cm³/mol. The lowest BCUT2D eigenvalue weighted by Crippen LogP contribution is -2.51. The van der Waals surface area contributed by atoms with Crippen molar-refractivity contribution in [3.05, 3.63) is 76.3 Å². The maximum Gasteiger partial charge on any atom is 0.347 e. The van der Waals surface area contributed by atoms with Crippen molar-refractivity contribution in [1.29, 1.82) is 0 Å². The maximum atomic E-state index is 14.0. The molecule has 88 heavy (non-hydrogen) atoms. The number of methoxy groups -OCH3 is 2. The molecule has 1 aliphatic heterocycles. The number of ketones is 3. The third kappa shape index (κ3) is 27.3. The summed E-state index contributed by atoms with van der Waals surface area (Å²) in [7, 11) is 3.07. The Hall–Kier alpha value is -6.10. The van der Waals surface area contributed by atoms with Crippen molar-refractivity contribution in [3.8, 4) is 5.75 Å². The minimum atomic E-state index is -1.31. The van der Waals surface area contributed by atoms with E-state index in [0.29, 0.717) is 62.2 Å². The molecule has 2 aromatic carbocycles. The van der Waals surface area contributed by atoms with E-state index < -0.39 is 83.2 Å². The molecule has 492 valence electrons. The Morgan fingerprint density at radius 3 is 2.00 bits per heavy atom. The lowest BCUT2D eigenvalue weighted by Gasteiger charge is -2.33. The van der Waals surface area contributed by atoms with Crippen molar-refractivity contribution >= 4 is 64.5 Å². The molecule has 21 nitrogen and oxygen atoms in total. The van der Waals surface area contributed by atoms with Crippen LogP contribution in [0.2, 0.25) is 5.02 Å². The van der Waals surface area contributed by atoms with Gasteiger partial charge in [-0.2, -0.15) is 0 Å². The van der Waals surface area contributed by atoms with Gasteiger partial charge in [-0.3, -0.25) is 38.4 Å². The summed E-state index contributed by atoms with van der Waals surface area (Å²) in [5.74, 6) is -5.77. The molecule has 0 aliphatic carbocycles. The van der Waals surface area contributed by atoms with E-state index in [-0.39, 0.29) is 119 Å². The molecule has 0 aromatic heterocycles. The van der Waals surface area contributed by atoms with Crippen LogP contribution < -0.4 is 20.7 Å². The largest absolute Gasteiger partial charge is 0.495 e. The van der Waals surface area contributed by atoms with E-state index in [0.717, 1.165) is 11.1 Å².